The Labute approximate surface area is 127 Å². The van der Waals surface area contributed by atoms with Crippen molar-refractivity contribution in [2.75, 3.05) is 6.61 Å². The Morgan fingerprint density at radius 3 is 2.77 bits per heavy atom. The summed E-state index contributed by atoms with van der Waals surface area (Å²) in [4.78, 5) is 39.3. The van der Waals surface area contributed by atoms with Crippen molar-refractivity contribution >= 4 is 24.1 Å². The summed E-state index contributed by atoms with van der Waals surface area (Å²) >= 11 is 0. The maximum atomic E-state index is 14.7. The summed E-state index contributed by atoms with van der Waals surface area (Å²) in [6.07, 6.45) is 3.02. The van der Waals surface area contributed by atoms with Gasteiger partial charge in [-0.15, -0.1) is 0 Å². The van der Waals surface area contributed by atoms with Crippen LogP contribution in [0.1, 0.15) is 39.5 Å². The molecule has 2 N–H and O–H groups in total. The van der Waals surface area contributed by atoms with Gasteiger partial charge in [-0.3, -0.25) is 15.4 Å². The highest BCUT2D eigenvalue weighted by Crippen LogP contribution is 2.23. The minimum absolute atomic E-state index is 0.126. The van der Waals surface area contributed by atoms with Crippen LogP contribution in [0.15, 0.2) is 5.16 Å². The van der Waals surface area contributed by atoms with Gasteiger partial charge in [0.15, 0.2) is 0 Å². The fraction of sp³-hybridized carbons (Fsp3) is 0.692. The average Bonchev–Trinajstić information content (AvgIpc) is 2.47. The number of ether oxygens (including phenoxy) is 1. The van der Waals surface area contributed by atoms with Gasteiger partial charge in [-0.1, -0.05) is 24.9 Å². The lowest BCUT2D eigenvalue weighted by Crippen LogP contribution is -2.70. The number of imide groups is 1. The molecule has 0 aromatic heterocycles. The number of carbonyl (C=O) groups excluding carboxylic acids is 3. The first-order valence-corrected chi connectivity index (χ1v) is 7.12. The summed E-state index contributed by atoms with van der Waals surface area (Å²) in [6.45, 7) is 3.38. The van der Waals surface area contributed by atoms with Gasteiger partial charge in [0.25, 0.3) is 12.1 Å². The van der Waals surface area contributed by atoms with Crippen molar-refractivity contribution in [2.24, 2.45) is 5.16 Å². The molecule has 0 aliphatic carbocycles. The molecule has 0 aromatic carbocycles. The van der Waals surface area contributed by atoms with Gasteiger partial charge in [0, 0.05) is 6.21 Å². The fourth-order valence-corrected chi connectivity index (χ4v) is 1.74. The second kappa shape index (κ2) is 8.30. The Morgan fingerprint density at radius 1 is 1.41 bits per heavy atom. The van der Waals surface area contributed by atoms with E-state index < -0.39 is 29.8 Å². The molecular formula is C13H20FN3O5. The van der Waals surface area contributed by atoms with Crippen LogP contribution in [0, 0.1) is 0 Å². The van der Waals surface area contributed by atoms with E-state index in [-0.39, 0.29) is 6.61 Å². The van der Waals surface area contributed by atoms with Gasteiger partial charge in [-0.25, -0.2) is 14.0 Å². The van der Waals surface area contributed by atoms with Crippen LogP contribution in [0.2, 0.25) is 0 Å². The van der Waals surface area contributed by atoms with Crippen LogP contribution in [0.5, 0.6) is 0 Å². The van der Waals surface area contributed by atoms with E-state index >= 15 is 0 Å². The Kier molecular flexibility index (Phi) is 6.74. The number of amides is 3. The molecule has 0 saturated carbocycles. The number of halogens is 1. The van der Waals surface area contributed by atoms with Crippen molar-refractivity contribution < 1.29 is 28.3 Å². The minimum atomic E-state index is -3.19. The first-order valence-electron chi connectivity index (χ1n) is 7.12. The summed E-state index contributed by atoms with van der Waals surface area (Å²) in [7, 11) is 0. The molecule has 3 amide bonds. The van der Waals surface area contributed by atoms with Crippen LogP contribution in [0.4, 0.5) is 9.18 Å². The lowest BCUT2D eigenvalue weighted by molar-refractivity contribution is -0.179. The third kappa shape index (κ3) is 4.15. The summed E-state index contributed by atoms with van der Waals surface area (Å²) in [5.41, 5.74) is -3.19. The zero-order valence-corrected chi connectivity index (χ0v) is 12.6. The first-order chi connectivity index (χ1) is 10.5. The van der Waals surface area contributed by atoms with E-state index in [0.29, 0.717) is 6.42 Å². The molecule has 1 rings (SSSR count). The van der Waals surface area contributed by atoms with Crippen LogP contribution in [0.3, 0.4) is 0 Å². The van der Waals surface area contributed by atoms with Crippen molar-refractivity contribution in [3.63, 3.8) is 0 Å². The van der Waals surface area contributed by atoms with Crippen LogP contribution in [-0.4, -0.2) is 42.6 Å². The van der Waals surface area contributed by atoms with E-state index in [1.165, 1.54) is 13.1 Å². The topological polar surface area (TPSA) is 106 Å². The maximum absolute atomic E-state index is 14.7. The molecule has 0 spiro atoms. The lowest BCUT2D eigenvalue weighted by atomic mass is 10.0. The monoisotopic (exact) mass is 317 g/mol. The number of nitrogens with one attached hydrogen (secondary N) is 2. The third-order valence-electron chi connectivity index (χ3n) is 2.93. The quantitative estimate of drug-likeness (QED) is 0.228. The molecule has 1 aliphatic rings. The Hall–Kier alpha value is -2.19. The van der Waals surface area contributed by atoms with Crippen LogP contribution in [0.25, 0.3) is 0 Å². The van der Waals surface area contributed by atoms with Crippen molar-refractivity contribution in [1.29, 1.82) is 0 Å². The Morgan fingerprint density at radius 2 is 2.14 bits per heavy atom. The summed E-state index contributed by atoms with van der Waals surface area (Å²) in [5.74, 6) is -2.89. The van der Waals surface area contributed by atoms with Crippen molar-refractivity contribution in [2.45, 2.75) is 51.4 Å². The molecule has 0 aromatic rings. The first kappa shape index (κ1) is 17.9. The van der Waals surface area contributed by atoms with E-state index in [0.717, 1.165) is 19.3 Å². The van der Waals surface area contributed by atoms with Gasteiger partial charge < -0.3 is 9.57 Å². The highest BCUT2D eigenvalue weighted by Gasteiger charge is 2.61. The van der Waals surface area contributed by atoms with Gasteiger partial charge in [-0.2, -0.15) is 0 Å². The van der Waals surface area contributed by atoms with Gasteiger partial charge in [0.1, 0.15) is 0 Å². The molecule has 1 saturated heterocycles. The second-order valence-corrected chi connectivity index (χ2v) is 4.63. The maximum Gasteiger partial charge on any atom is 0.360 e. The highest BCUT2D eigenvalue weighted by molar-refractivity contribution is 6.14. The fourth-order valence-electron chi connectivity index (χ4n) is 1.74. The lowest BCUT2D eigenvalue weighted by Gasteiger charge is -2.32. The second-order valence-electron chi connectivity index (χ2n) is 4.63. The Bertz CT molecular complexity index is 457. The largest absolute Gasteiger partial charge is 0.463 e. The summed E-state index contributed by atoms with van der Waals surface area (Å²) < 4.78 is 19.2. The van der Waals surface area contributed by atoms with Crippen molar-refractivity contribution in [1.82, 2.24) is 10.6 Å². The van der Waals surface area contributed by atoms with E-state index in [2.05, 4.69) is 9.89 Å². The number of carbonyl (C=O) groups is 3. The van der Waals surface area contributed by atoms with E-state index in [1.807, 2.05) is 12.2 Å². The number of nitrogens with zero attached hydrogens (tertiary/aromatic N) is 1. The molecule has 0 bridgehead atoms. The molecule has 2 atom stereocenters. The van der Waals surface area contributed by atoms with Gasteiger partial charge in [-0.05, 0) is 19.8 Å². The number of urea groups is 1. The summed E-state index contributed by atoms with van der Waals surface area (Å²) in [5, 5.41) is 7.16. The van der Waals surface area contributed by atoms with Gasteiger partial charge in [0.05, 0.1) is 6.61 Å². The van der Waals surface area contributed by atoms with Crippen LogP contribution >= 0.6 is 0 Å². The molecule has 0 radical (unpaired) electrons. The van der Waals surface area contributed by atoms with Gasteiger partial charge in [0.2, 0.25) is 0 Å². The third-order valence-corrected chi connectivity index (χ3v) is 2.93. The molecule has 22 heavy (non-hydrogen) atoms. The van der Waals surface area contributed by atoms with Gasteiger partial charge >= 0.3 is 17.7 Å². The van der Waals surface area contributed by atoms with Crippen molar-refractivity contribution in [3.05, 3.63) is 0 Å². The number of rotatable bonds is 8. The minimum Gasteiger partial charge on any atom is -0.463 e. The zero-order chi connectivity index (χ0) is 16.6. The average molecular weight is 317 g/mol. The zero-order valence-electron chi connectivity index (χ0n) is 12.6. The highest BCUT2D eigenvalue weighted by atomic mass is 19.1. The molecular weight excluding hydrogens is 297 g/mol. The smallest absolute Gasteiger partial charge is 0.360 e. The molecule has 2 unspecified atom stereocenters. The predicted octanol–water partition coefficient (Wildman–Crippen LogP) is 1.01. The molecule has 9 heteroatoms. The molecule has 1 aliphatic heterocycles. The van der Waals surface area contributed by atoms with E-state index in [9.17, 15) is 18.8 Å². The number of hydrogen-bond acceptors (Lipinski definition) is 6. The standard InChI is InChI=1S/C13H20FN3O5/c1-3-5-6-7-8-15-22-10-13(14,11(19)21-4-2)9(18)16-12(20)17-10/h8,10H,3-7H2,1-2H3,(H2,16,17,18,20)/b15-8-. The van der Waals surface area contributed by atoms with Crippen molar-refractivity contribution in [3.8, 4) is 0 Å². The number of alkyl halides is 1. The SMILES string of the molecule is CCCCC/C=N\OC1NC(=O)NC(=O)C1(F)C(=O)OCC. The predicted molar refractivity (Wildman–Crippen MR) is 74.7 cm³/mol. The number of unbranched alkanes of at least 4 members (excludes halogenated alkanes) is 3. The number of hydrogen-bond donors (Lipinski definition) is 2. The van der Waals surface area contributed by atoms with Crippen LogP contribution < -0.4 is 10.6 Å². The van der Waals surface area contributed by atoms with E-state index in [4.69, 9.17) is 4.84 Å². The van der Waals surface area contributed by atoms with E-state index in [1.54, 1.807) is 5.32 Å². The normalized spacial score (nSPS) is 24.8. The van der Waals surface area contributed by atoms with Crippen LogP contribution in [-0.2, 0) is 19.2 Å². The number of oxime groups is 1. The molecule has 1 fully saturated rings. The summed E-state index contributed by atoms with van der Waals surface area (Å²) in [6, 6.07) is -0.978. The number of esters is 1. The molecule has 1 heterocycles. The molecule has 124 valence electrons. The Balaban J connectivity index is 2.75. The molecule has 8 nitrogen and oxygen atoms in total.